The van der Waals surface area contributed by atoms with Gasteiger partial charge in [-0.2, -0.15) is 0 Å². The molecule has 2 aromatic carbocycles. The van der Waals surface area contributed by atoms with Crippen LogP contribution in [0.2, 0.25) is 10.0 Å². The summed E-state index contributed by atoms with van der Waals surface area (Å²) in [6.07, 6.45) is 1.71. The Hall–Kier alpha value is -1.55. The fourth-order valence-electron chi connectivity index (χ4n) is 2.63. The fourth-order valence-corrected chi connectivity index (χ4v) is 2.94. The lowest BCUT2D eigenvalue weighted by Crippen LogP contribution is -2.03. The highest BCUT2D eigenvalue weighted by atomic mass is 35.5. The lowest BCUT2D eigenvalue weighted by molar-refractivity contribution is 0.905. The predicted octanol–water partition coefficient (Wildman–Crippen LogP) is 4.40. The molecule has 0 aliphatic rings. The number of nitrogens with two attached hydrogens (primary N) is 1. The van der Waals surface area contributed by atoms with Crippen LogP contribution in [0.1, 0.15) is 18.3 Å². The van der Waals surface area contributed by atoms with Crippen LogP contribution >= 0.6 is 23.2 Å². The third kappa shape index (κ3) is 2.72. The second-order valence-corrected chi connectivity index (χ2v) is 5.99. The zero-order valence-corrected chi connectivity index (χ0v) is 13.8. The van der Waals surface area contributed by atoms with Gasteiger partial charge in [-0.05, 0) is 42.8 Å². The first-order valence-electron chi connectivity index (χ1n) is 7.29. The Kier molecular flexibility index (Phi) is 4.39. The van der Waals surface area contributed by atoms with E-state index < -0.39 is 0 Å². The number of hydrogen-bond donors (Lipinski definition) is 1. The molecule has 22 heavy (non-hydrogen) atoms. The molecule has 0 fully saturated rings. The van der Waals surface area contributed by atoms with Crippen molar-refractivity contribution in [1.29, 1.82) is 0 Å². The Morgan fingerprint density at radius 3 is 2.41 bits per heavy atom. The quantitative estimate of drug-likeness (QED) is 0.769. The maximum absolute atomic E-state index is 6.18. The van der Waals surface area contributed by atoms with Crippen molar-refractivity contribution in [3.05, 3.63) is 57.8 Å². The van der Waals surface area contributed by atoms with Crippen LogP contribution in [-0.4, -0.2) is 16.1 Å². The van der Waals surface area contributed by atoms with E-state index in [-0.39, 0.29) is 0 Å². The largest absolute Gasteiger partial charge is 0.330 e. The van der Waals surface area contributed by atoms with Crippen molar-refractivity contribution in [2.45, 2.75) is 19.8 Å². The first-order valence-corrected chi connectivity index (χ1v) is 8.05. The van der Waals surface area contributed by atoms with Crippen molar-refractivity contribution in [3.63, 3.8) is 0 Å². The van der Waals surface area contributed by atoms with E-state index in [4.69, 9.17) is 28.9 Å². The first kappa shape index (κ1) is 15.3. The van der Waals surface area contributed by atoms with E-state index in [9.17, 15) is 0 Å². The smallest absolute Gasteiger partial charge is 0.114 e. The van der Waals surface area contributed by atoms with Gasteiger partial charge < -0.3 is 5.73 Å². The highest BCUT2D eigenvalue weighted by Gasteiger charge is 2.13. The third-order valence-corrected chi connectivity index (χ3v) is 4.43. The van der Waals surface area contributed by atoms with Gasteiger partial charge in [0.1, 0.15) is 5.82 Å². The van der Waals surface area contributed by atoms with Crippen molar-refractivity contribution in [2.24, 2.45) is 5.73 Å². The van der Waals surface area contributed by atoms with Crippen LogP contribution in [0.4, 0.5) is 0 Å². The van der Waals surface area contributed by atoms with E-state index in [1.807, 2.05) is 12.1 Å². The van der Waals surface area contributed by atoms with Crippen LogP contribution in [0.15, 0.2) is 36.4 Å². The summed E-state index contributed by atoms with van der Waals surface area (Å²) in [7, 11) is 0. The van der Waals surface area contributed by atoms with Gasteiger partial charge in [-0.15, -0.1) is 0 Å². The summed E-state index contributed by atoms with van der Waals surface area (Å²) in [6, 6.07) is 12.1. The lowest BCUT2D eigenvalue weighted by Gasteiger charge is -2.09. The maximum atomic E-state index is 6.18. The van der Waals surface area contributed by atoms with Gasteiger partial charge in [0.2, 0.25) is 0 Å². The van der Waals surface area contributed by atoms with Crippen molar-refractivity contribution >= 4 is 34.2 Å². The molecule has 0 unspecified atom stereocenters. The van der Waals surface area contributed by atoms with Gasteiger partial charge >= 0.3 is 0 Å². The molecule has 0 amide bonds. The monoisotopic (exact) mass is 333 g/mol. The minimum Gasteiger partial charge on any atom is -0.330 e. The maximum Gasteiger partial charge on any atom is 0.114 e. The summed E-state index contributed by atoms with van der Waals surface area (Å²) in [6.45, 7) is 2.74. The molecule has 0 aliphatic heterocycles. The average molecular weight is 334 g/mol. The minimum atomic E-state index is 0.528. The van der Waals surface area contributed by atoms with Crippen LogP contribution in [0.25, 0.3) is 16.7 Å². The van der Waals surface area contributed by atoms with E-state index in [1.165, 1.54) is 5.56 Å². The molecule has 3 nitrogen and oxygen atoms in total. The molecule has 0 radical (unpaired) electrons. The number of rotatable bonds is 4. The second kappa shape index (κ2) is 6.29. The summed E-state index contributed by atoms with van der Waals surface area (Å²) in [5, 5.41) is 1.07. The number of aromatic nitrogens is 2. The Bertz CT molecular complexity index is 807. The van der Waals surface area contributed by atoms with E-state index in [0.29, 0.717) is 16.6 Å². The molecule has 114 valence electrons. The van der Waals surface area contributed by atoms with Crippen LogP contribution in [0.3, 0.4) is 0 Å². The molecule has 0 aliphatic carbocycles. The second-order valence-electron chi connectivity index (χ2n) is 5.18. The Morgan fingerprint density at radius 1 is 1.09 bits per heavy atom. The summed E-state index contributed by atoms with van der Waals surface area (Å²) in [5.74, 6) is 0.986. The summed E-state index contributed by atoms with van der Waals surface area (Å²) < 4.78 is 2.13. The van der Waals surface area contributed by atoms with Crippen LogP contribution in [0, 0.1) is 0 Å². The van der Waals surface area contributed by atoms with Crippen molar-refractivity contribution < 1.29 is 0 Å². The van der Waals surface area contributed by atoms with E-state index in [2.05, 4.69) is 40.7 Å². The van der Waals surface area contributed by atoms with Gasteiger partial charge in [0.15, 0.2) is 0 Å². The summed E-state index contributed by atoms with van der Waals surface area (Å²) in [4.78, 5) is 4.67. The highest BCUT2D eigenvalue weighted by molar-refractivity contribution is 6.42. The molecule has 3 rings (SSSR count). The number of imidazole rings is 1. The number of aryl methyl sites for hydroxylation is 1. The average Bonchev–Trinajstić information content (AvgIpc) is 2.86. The van der Waals surface area contributed by atoms with Crippen molar-refractivity contribution in [3.8, 4) is 5.69 Å². The standard InChI is InChI=1S/C17H17Cl2N3/c1-2-17-21-15-9-13(18)14(19)10-16(15)22(17)12-5-3-11(4-6-12)7-8-20/h3-6,9-10H,2,7-8,20H2,1H3. The van der Waals surface area contributed by atoms with Crippen molar-refractivity contribution in [1.82, 2.24) is 9.55 Å². The van der Waals surface area contributed by atoms with Crippen LogP contribution < -0.4 is 5.73 Å². The van der Waals surface area contributed by atoms with Crippen molar-refractivity contribution in [2.75, 3.05) is 6.54 Å². The minimum absolute atomic E-state index is 0.528. The zero-order valence-electron chi connectivity index (χ0n) is 12.3. The topological polar surface area (TPSA) is 43.8 Å². The molecule has 1 heterocycles. The molecule has 0 saturated heterocycles. The first-order chi connectivity index (χ1) is 10.6. The normalized spacial score (nSPS) is 11.3. The van der Waals surface area contributed by atoms with Gasteiger partial charge in [-0.1, -0.05) is 42.3 Å². The Balaban J connectivity index is 2.17. The molecular formula is C17H17Cl2N3. The Labute approximate surface area is 139 Å². The van der Waals surface area contributed by atoms with Gasteiger partial charge in [0.05, 0.1) is 21.1 Å². The van der Waals surface area contributed by atoms with Gasteiger partial charge in [-0.3, -0.25) is 4.57 Å². The number of halogens is 2. The summed E-state index contributed by atoms with van der Waals surface area (Å²) >= 11 is 12.3. The van der Waals surface area contributed by atoms with Gasteiger partial charge in [0, 0.05) is 12.1 Å². The molecule has 0 atom stereocenters. The molecule has 3 aromatic rings. The summed E-state index contributed by atoms with van der Waals surface area (Å²) in [5.41, 5.74) is 9.73. The fraction of sp³-hybridized carbons (Fsp3) is 0.235. The number of hydrogen-bond acceptors (Lipinski definition) is 2. The van der Waals surface area contributed by atoms with E-state index in [0.717, 1.165) is 35.4 Å². The highest BCUT2D eigenvalue weighted by Crippen LogP contribution is 2.30. The number of benzene rings is 2. The van der Waals surface area contributed by atoms with Gasteiger partial charge in [-0.25, -0.2) is 4.98 Å². The molecule has 1 aromatic heterocycles. The SMILES string of the molecule is CCc1nc2cc(Cl)c(Cl)cc2n1-c1ccc(CCN)cc1. The van der Waals surface area contributed by atoms with Gasteiger partial charge in [0.25, 0.3) is 0 Å². The molecule has 0 spiro atoms. The van der Waals surface area contributed by atoms with E-state index >= 15 is 0 Å². The number of nitrogens with zero attached hydrogens (tertiary/aromatic N) is 2. The number of fused-ring (bicyclic) bond motifs is 1. The molecule has 0 saturated carbocycles. The lowest BCUT2D eigenvalue weighted by atomic mass is 10.1. The zero-order chi connectivity index (χ0) is 15.7. The van der Waals surface area contributed by atoms with Crippen LogP contribution in [0.5, 0.6) is 0 Å². The van der Waals surface area contributed by atoms with Crippen LogP contribution in [-0.2, 0) is 12.8 Å². The predicted molar refractivity (Wildman–Crippen MR) is 93.2 cm³/mol. The molecule has 0 bridgehead atoms. The third-order valence-electron chi connectivity index (χ3n) is 3.71. The Morgan fingerprint density at radius 2 is 1.77 bits per heavy atom. The molecule has 2 N–H and O–H groups in total. The molecular weight excluding hydrogens is 317 g/mol. The van der Waals surface area contributed by atoms with E-state index in [1.54, 1.807) is 0 Å². The molecule has 5 heteroatoms.